The molecule has 2 N–H and O–H groups in total. The first kappa shape index (κ1) is 15.5. The summed E-state index contributed by atoms with van der Waals surface area (Å²) in [6.45, 7) is 6.00. The topological polar surface area (TPSA) is 58.0 Å². The van der Waals surface area contributed by atoms with E-state index in [1.165, 1.54) is 22.5 Å². The largest absolute Gasteiger partial charge is 0.321 e. The van der Waals surface area contributed by atoms with Crippen molar-refractivity contribution in [1.29, 1.82) is 0 Å². The Bertz CT molecular complexity index is 933. The second kappa shape index (κ2) is 6.23. The summed E-state index contributed by atoms with van der Waals surface area (Å²) in [6, 6.07) is 15.2. The Kier molecular flexibility index (Phi) is 3.72. The van der Waals surface area contributed by atoms with E-state index in [1.54, 1.807) is 0 Å². The average Bonchev–Trinajstić information content (AvgIpc) is 3.26. The number of hydrogen-bond donors (Lipinski definition) is 2. The van der Waals surface area contributed by atoms with Crippen LogP contribution < -0.4 is 10.9 Å². The fraction of sp³-hybridized carbons (Fsp3) is 0.300. The van der Waals surface area contributed by atoms with Gasteiger partial charge in [0.2, 0.25) is 0 Å². The number of rotatable bonds is 3. The van der Waals surface area contributed by atoms with E-state index in [0.717, 1.165) is 37.6 Å². The molecular formula is C20H22N6. The Morgan fingerprint density at radius 2 is 2.08 bits per heavy atom. The first-order chi connectivity index (χ1) is 12.8. The van der Waals surface area contributed by atoms with Crippen molar-refractivity contribution < 1.29 is 0 Å². The predicted molar refractivity (Wildman–Crippen MR) is 101 cm³/mol. The van der Waals surface area contributed by atoms with Crippen molar-refractivity contribution in [2.45, 2.75) is 32.6 Å². The third-order valence-electron chi connectivity index (χ3n) is 5.22. The first-order valence-electron chi connectivity index (χ1n) is 9.11. The molecule has 1 aromatic carbocycles. The lowest BCUT2D eigenvalue weighted by Gasteiger charge is -2.27. The SMILES string of the molecule is CC1NNc2ccc(CN3CCn4nc(-c5ccccn5)cc4C3)cc21. The number of fused-ring (bicyclic) bond motifs is 2. The van der Waals surface area contributed by atoms with Crippen molar-refractivity contribution in [3.8, 4) is 11.4 Å². The van der Waals surface area contributed by atoms with Gasteiger partial charge in [-0.3, -0.25) is 14.6 Å². The molecule has 3 aromatic rings. The number of aromatic nitrogens is 3. The molecule has 6 heteroatoms. The lowest BCUT2D eigenvalue weighted by Crippen LogP contribution is -2.33. The van der Waals surface area contributed by atoms with Crippen LogP contribution in [0.1, 0.15) is 29.8 Å². The Labute approximate surface area is 152 Å². The molecule has 2 aliphatic heterocycles. The molecule has 1 unspecified atom stereocenters. The van der Waals surface area contributed by atoms with Crippen molar-refractivity contribution in [2.24, 2.45) is 0 Å². The van der Waals surface area contributed by atoms with E-state index < -0.39 is 0 Å². The molecule has 4 heterocycles. The first-order valence-corrected chi connectivity index (χ1v) is 9.11. The van der Waals surface area contributed by atoms with Crippen LogP contribution in [-0.2, 0) is 19.6 Å². The summed E-state index contributed by atoms with van der Waals surface area (Å²) in [5, 5.41) is 4.73. The third kappa shape index (κ3) is 2.77. The minimum Gasteiger partial charge on any atom is -0.321 e. The van der Waals surface area contributed by atoms with Gasteiger partial charge in [-0.05, 0) is 42.3 Å². The lowest BCUT2D eigenvalue weighted by molar-refractivity contribution is 0.205. The highest BCUT2D eigenvalue weighted by Crippen LogP contribution is 2.29. The van der Waals surface area contributed by atoms with Crippen LogP contribution in [0.15, 0.2) is 48.7 Å². The van der Waals surface area contributed by atoms with Gasteiger partial charge in [-0.2, -0.15) is 5.10 Å². The van der Waals surface area contributed by atoms with Crippen molar-refractivity contribution >= 4 is 5.69 Å². The van der Waals surface area contributed by atoms with Gasteiger partial charge in [-0.25, -0.2) is 5.43 Å². The van der Waals surface area contributed by atoms with Crippen molar-refractivity contribution in [1.82, 2.24) is 25.1 Å². The summed E-state index contributed by atoms with van der Waals surface area (Å²) in [7, 11) is 0. The van der Waals surface area contributed by atoms with Crippen LogP contribution in [0.2, 0.25) is 0 Å². The minimum atomic E-state index is 0.355. The molecule has 26 heavy (non-hydrogen) atoms. The number of nitrogens with one attached hydrogen (secondary N) is 2. The van der Waals surface area contributed by atoms with Gasteiger partial charge in [0, 0.05) is 25.8 Å². The van der Waals surface area contributed by atoms with Crippen molar-refractivity contribution in [2.75, 3.05) is 12.0 Å². The monoisotopic (exact) mass is 346 g/mol. The highest BCUT2D eigenvalue weighted by atomic mass is 15.4. The molecule has 0 radical (unpaired) electrons. The minimum absolute atomic E-state index is 0.355. The summed E-state index contributed by atoms with van der Waals surface area (Å²) in [5.41, 5.74) is 13.6. The molecule has 1 atom stereocenters. The zero-order valence-electron chi connectivity index (χ0n) is 14.8. The molecular weight excluding hydrogens is 324 g/mol. The fourth-order valence-corrected chi connectivity index (χ4v) is 3.80. The van der Waals surface area contributed by atoms with Gasteiger partial charge >= 0.3 is 0 Å². The van der Waals surface area contributed by atoms with E-state index in [0.29, 0.717) is 6.04 Å². The normalized spacial score (nSPS) is 19.0. The highest BCUT2D eigenvalue weighted by Gasteiger charge is 2.21. The summed E-state index contributed by atoms with van der Waals surface area (Å²) in [6.07, 6.45) is 1.82. The quantitative estimate of drug-likeness (QED) is 0.764. The number of nitrogens with zero attached hydrogens (tertiary/aromatic N) is 4. The number of hydrazine groups is 1. The Morgan fingerprint density at radius 3 is 2.96 bits per heavy atom. The van der Waals surface area contributed by atoms with Crippen LogP contribution in [0, 0.1) is 0 Å². The van der Waals surface area contributed by atoms with Gasteiger partial charge in [-0.15, -0.1) is 0 Å². The van der Waals surface area contributed by atoms with E-state index in [1.807, 2.05) is 24.4 Å². The maximum Gasteiger partial charge on any atom is 0.111 e. The molecule has 6 nitrogen and oxygen atoms in total. The summed E-state index contributed by atoms with van der Waals surface area (Å²) in [5.74, 6) is 0. The number of anilines is 1. The van der Waals surface area contributed by atoms with Gasteiger partial charge in [0.1, 0.15) is 5.69 Å². The van der Waals surface area contributed by atoms with Gasteiger partial charge in [0.25, 0.3) is 0 Å². The van der Waals surface area contributed by atoms with Crippen molar-refractivity contribution in [3.05, 3.63) is 65.5 Å². The molecule has 0 aliphatic carbocycles. The van der Waals surface area contributed by atoms with E-state index in [4.69, 9.17) is 5.10 Å². The Balaban J connectivity index is 1.33. The molecule has 0 amide bonds. The molecule has 5 rings (SSSR count). The van der Waals surface area contributed by atoms with Crippen LogP contribution >= 0.6 is 0 Å². The van der Waals surface area contributed by atoms with E-state index in [-0.39, 0.29) is 0 Å². The molecule has 132 valence electrons. The van der Waals surface area contributed by atoms with E-state index in [2.05, 4.69) is 56.6 Å². The number of benzene rings is 1. The molecule has 2 aliphatic rings. The van der Waals surface area contributed by atoms with Gasteiger partial charge < -0.3 is 5.43 Å². The van der Waals surface area contributed by atoms with Crippen LogP contribution in [0.25, 0.3) is 11.4 Å². The molecule has 2 aromatic heterocycles. The summed E-state index contributed by atoms with van der Waals surface area (Å²) >= 11 is 0. The maximum absolute atomic E-state index is 4.73. The Morgan fingerprint density at radius 1 is 1.12 bits per heavy atom. The van der Waals surface area contributed by atoms with E-state index >= 15 is 0 Å². The van der Waals surface area contributed by atoms with Crippen molar-refractivity contribution in [3.63, 3.8) is 0 Å². The van der Waals surface area contributed by atoms with E-state index in [9.17, 15) is 0 Å². The maximum atomic E-state index is 4.73. The summed E-state index contributed by atoms with van der Waals surface area (Å²) in [4.78, 5) is 6.91. The van der Waals surface area contributed by atoms with Gasteiger partial charge in [0.15, 0.2) is 0 Å². The molecule has 0 bridgehead atoms. The highest BCUT2D eigenvalue weighted by molar-refractivity contribution is 5.57. The average molecular weight is 346 g/mol. The van der Waals surface area contributed by atoms with Crippen LogP contribution in [0.4, 0.5) is 5.69 Å². The number of hydrogen-bond acceptors (Lipinski definition) is 5. The molecule has 0 saturated carbocycles. The van der Waals surface area contributed by atoms with Crippen LogP contribution in [0.5, 0.6) is 0 Å². The van der Waals surface area contributed by atoms with Gasteiger partial charge in [0.05, 0.1) is 29.7 Å². The standard InChI is InChI=1S/C20H22N6/c1-14-17-10-15(5-6-18(17)23-22-14)12-25-8-9-26-16(13-25)11-20(24-26)19-4-2-3-7-21-19/h2-7,10-11,14,22-23H,8-9,12-13H2,1H3. The van der Waals surface area contributed by atoms with Gasteiger partial charge in [-0.1, -0.05) is 18.2 Å². The number of pyridine rings is 1. The predicted octanol–water partition coefficient (Wildman–Crippen LogP) is 2.95. The fourth-order valence-electron chi connectivity index (χ4n) is 3.80. The molecule has 0 spiro atoms. The van der Waals surface area contributed by atoms with Crippen LogP contribution in [0.3, 0.4) is 0 Å². The lowest BCUT2D eigenvalue weighted by atomic mass is 10.0. The second-order valence-corrected chi connectivity index (χ2v) is 7.08. The smallest absolute Gasteiger partial charge is 0.111 e. The third-order valence-corrected chi connectivity index (χ3v) is 5.22. The Hall–Kier alpha value is -2.70. The molecule has 0 fully saturated rings. The zero-order chi connectivity index (χ0) is 17.5. The van der Waals surface area contributed by atoms with Crippen LogP contribution in [-0.4, -0.2) is 26.2 Å². The zero-order valence-corrected chi connectivity index (χ0v) is 14.8. The summed E-state index contributed by atoms with van der Waals surface area (Å²) < 4.78 is 2.12. The second-order valence-electron chi connectivity index (χ2n) is 7.08. The molecule has 0 saturated heterocycles.